The fourth-order valence-corrected chi connectivity index (χ4v) is 3.06. The number of ether oxygens (including phenoxy) is 1. The zero-order valence-corrected chi connectivity index (χ0v) is 14.0. The molecule has 0 radical (unpaired) electrons. The molecule has 1 heterocycles. The van der Waals surface area contributed by atoms with Gasteiger partial charge in [0.1, 0.15) is 16.9 Å². The van der Waals surface area contributed by atoms with Crippen LogP contribution in [-0.4, -0.2) is 6.61 Å². The van der Waals surface area contributed by atoms with Crippen LogP contribution in [0, 0.1) is 13.8 Å². The highest BCUT2D eigenvalue weighted by Crippen LogP contribution is 2.37. The Kier molecular flexibility index (Phi) is 4.10. The predicted octanol–water partition coefficient (Wildman–Crippen LogP) is 5.94. The van der Waals surface area contributed by atoms with Gasteiger partial charge in [-0.05, 0) is 49.9 Å². The van der Waals surface area contributed by atoms with Gasteiger partial charge in [0, 0.05) is 16.3 Å². The molecule has 0 unspecified atom stereocenters. The molecule has 3 aromatic rings. The molecule has 0 atom stereocenters. The van der Waals surface area contributed by atoms with Gasteiger partial charge in [0.05, 0.1) is 6.61 Å². The summed E-state index contributed by atoms with van der Waals surface area (Å²) in [6.45, 7) is 9.36. The normalized spacial score (nSPS) is 11.5. The van der Waals surface area contributed by atoms with Crippen LogP contribution in [0.2, 0.25) is 0 Å². The number of unbranched alkanes of at least 4 members (excludes halogenated alkanes) is 1. The summed E-state index contributed by atoms with van der Waals surface area (Å²) in [7, 11) is 0. The fourth-order valence-electron chi connectivity index (χ4n) is 3.06. The van der Waals surface area contributed by atoms with E-state index in [1.165, 1.54) is 21.9 Å². The third kappa shape index (κ3) is 2.37. The average molecular weight is 296 g/mol. The highest BCUT2D eigenvalue weighted by atomic mass is 16.5. The van der Waals surface area contributed by atoms with Crippen LogP contribution in [0.1, 0.15) is 43.4 Å². The van der Waals surface area contributed by atoms with Crippen molar-refractivity contribution in [2.24, 2.45) is 0 Å². The average Bonchev–Trinajstić information content (AvgIpc) is 2.91. The summed E-state index contributed by atoms with van der Waals surface area (Å²) in [4.78, 5) is 0. The monoisotopic (exact) mass is 296 g/mol. The molecule has 2 aromatic carbocycles. The topological polar surface area (TPSA) is 22.4 Å². The summed E-state index contributed by atoms with van der Waals surface area (Å²) in [6, 6.07) is 8.60. The van der Waals surface area contributed by atoms with E-state index >= 15 is 0 Å². The van der Waals surface area contributed by atoms with E-state index in [-0.39, 0.29) is 0 Å². The molecule has 0 aliphatic rings. The maximum atomic E-state index is 6.22. The first-order valence-electron chi connectivity index (χ1n) is 8.24. The van der Waals surface area contributed by atoms with Crippen molar-refractivity contribution in [1.29, 1.82) is 0 Å². The maximum Gasteiger partial charge on any atom is 0.142 e. The van der Waals surface area contributed by atoms with Gasteiger partial charge in [-0.2, -0.15) is 0 Å². The van der Waals surface area contributed by atoms with Gasteiger partial charge in [-0.25, -0.2) is 0 Å². The van der Waals surface area contributed by atoms with Gasteiger partial charge >= 0.3 is 0 Å². The van der Waals surface area contributed by atoms with E-state index in [0.717, 1.165) is 48.3 Å². The van der Waals surface area contributed by atoms with Crippen LogP contribution in [0.3, 0.4) is 0 Å². The van der Waals surface area contributed by atoms with E-state index in [2.05, 4.69) is 52.0 Å². The van der Waals surface area contributed by atoms with Crippen LogP contribution in [0.5, 0.6) is 5.75 Å². The Labute approximate surface area is 132 Å². The third-order valence-corrected chi connectivity index (χ3v) is 4.50. The van der Waals surface area contributed by atoms with Gasteiger partial charge in [-0.15, -0.1) is 0 Å². The molecule has 0 spiro atoms. The van der Waals surface area contributed by atoms with Crippen LogP contribution in [0.4, 0.5) is 0 Å². The van der Waals surface area contributed by atoms with Crippen molar-refractivity contribution in [3.05, 3.63) is 41.0 Å². The second-order valence-electron chi connectivity index (χ2n) is 5.95. The number of fused-ring (bicyclic) bond motifs is 3. The lowest BCUT2D eigenvalue weighted by molar-refractivity contribution is 0.307. The van der Waals surface area contributed by atoms with Crippen LogP contribution in [0.15, 0.2) is 28.7 Å². The van der Waals surface area contributed by atoms with E-state index in [1.54, 1.807) is 0 Å². The molecule has 0 amide bonds. The smallest absolute Gasteiger partial charge is 0.142 e. The molecule has 2 nitrogen and oxygen atoms in total. The summed E-state index contributed by atoms with van der Waals surface area (Å²) in [6.07, 6.45) is 3.25. The largest absolute Gasteiger partial charge is 0.493 e. The second kappa shape index (κ2) is 6.04. The molecule has 2 heteroatoms. The summed E-state index contributed by atoms with van der Waals surface area (Å²) in [5, 5.41) is 2.38. The first kappa shape index (κ1) is 15.0. The molecule has 0 N–H and O–H groups in total. The lowest BCUT2D eigenvalue weighted by Crippen LogP contribution is -1.97. The van der Waals surface area contributed by atoms with Crippen molar-refractivity contribution >= 4 is 21.9 Å². The molecule has 0 aliphatic heterocycles. The van der Waals surface area contributed by atoms with E-state index in [4.69, 9.17) is 9.15 Å². The number of aryl methyl sites for hydroxylation is 3. The van der Waals surface area contributed by atoms with Crippen LogP contribution in [0.25, 0.3) is 21.9 Å². The van der Waals surface area contributed by atoms with Crippen molar-refractivity contribution in [3.63, 3.8) is 0 Å². The second-order valence-corrected chi connectivity index (χ2v) is 5.95. The Morgan fingerprint density at radius 1 is 0.909 bits per heavy atom. The summed E-state index contributed by atoms with van der Waals surface area (Å²) >= 11 is 0. The summed E-state index contributed by atoms with van der Waals surface area (Å²) in [5.74, 6) is 0.938. The molecule has 22 heavy (non-hydrogen) atoms. The molecule has 0 saturated heterocycles. The number of hydrogen-bond acceptors (Lipinski definition) is 2. The maximum absolute atomic E-state index is 6.22. The van der Waals surface area contributed by atoms with Crippen LogP contribution < -0.4 is 4.74 Å². The number of rotatable bonds is 5. The summed E-state index contributed by atoms with van der Waals surface area (Å²) < 4.78 is 12.1. The Bertz CT molecular complexity index is 812. The molecule has 0 saturated carbocycles. The zero-order chi connectivity index (χ0) is 15.7. The minimum atomic E-state index is 0.766. The molecular weight excluding hydrogens is 272 g/mol. The lowest BCUT2D eigenvalue weighted by Gasteiger charge is -2.08. The first-order valence-corrected chi connectivity index (χ1v) is 8.24. The van der Waals surface area contributed by atoms with E-state index in [0.29, 0.717) is 0 Å². The van der Waals surface area contributed by atoms with Crippen LogP contribution in [-0.2, 0) is 6.42 Å². The number of benzene rings is 2. The molecule has 1 aromatic heterocycles. The molecule has 0 bridgehead atoms. The lowest BCUT2D eigenvalue weighted by atomic mass is 10.0. The zero-order valence-electron chi connectivity index (χ0n) is 14.0. The predicted molar refractivity (Wildman–Crippen MR) is 93.0 cm³/mol. The van der Waals surface area contributed by atoms with Crippen molar-refractivity contribution in [2.45, 2.75) is 47.0 Å². The van der Waals surface area contributed by atoms with E-state index < -0.39 is 0 Å². The first-order chi connectivity index (χ1) is 10.7. The van der Waals surface area contributed by atoms with Crippen molar-refractivity contribution < 1.29 is 9.15 Å². The minimum absolute atomic E-state index is 0.766. The highest BCUT2D eigenvalue weighted by molar-refractivity contribution is 6.07. The van der Waals surface area contributed by atoms with E-state index in [1.807, 2.05) is 0 Å². The van der Waals surface area contributed by atoms with Crippen LogP contribution >= 0.6 is 0 Å². The quantitative estimate of drug-likeness (QED) is 0.543. The van der Waals surface area contributed by atoms with Gasteiger partial charge in [0.15, 0.2) is 0 Å². The molecule has 0 aliphatic carbocycles. The van der Waals surface area contributed by atoms with Crippen molar-refractivity contribution in [1.82, 2.24) is 0 Å². The Balaban J connectivity index is 2.14. The van der Waals surface area contributed by atoms with Crippen molar-refractivity contribution in [3.8, 4) is 5.75 Å². The molecule has 116 valence electrons. The van der Waals surface area contributed by atoms with Gasteiger partial charge in [-0.1, -0.05) is 32.4 Å². The van der Waals surface area contributed by atoms with Crippen molar-refractivity contribution in [2.75, 3.05) is 6.61 Å². The SMILES string of the molecule is CCCCOc1ccc2c(oc3c(C)c(CC)ccc32)c1C. The number of furan rings is 1. The number of hydrogen-bond donors (Lipinski definition) is 0. The molecule has 0 fully saturated rings. The molecular formula is C20H24O2. The van der Waals surface area contributed by atoms with E-state index in [9.17, 15) is 0 Å². The fraction of sp³-hybridized carbons (Fsp3) is 0.400. The van der Waals surface area contributed by atoms with Gasteiger partial charge < -0.3 is 9.15 Å². The Morgan fingerprint density at radius 2 is 1.59 bits per heavy atom. The van der Waals surface area contributed by atoms with Gasteiger partial charge in [0.2, 0.25) is 0 Å². The molecule has 3 rings (SSSR count). The van der Waals surface area contributed by atoms with Gasteiger partial charge in [-0.3, -0.25) is 0 Å². The standard InChI is InChI=1S/C20H24O2/c1-5-7-12-21-18-11-10-17-16-9-8-15(6-2)13(3)19(16)22-20(17)14(18)4/h8-11H,5-7,12H2,1-4H3. The Hall–Kier alpha value is -1.96. The van der Waals surface area contributed by atoms with Gasteiger partial charge in [0.25, 0.3) is 0 Å². The summed E-state index contributed by atoms with van der Waals surface area (Å²) in [5.41, 5.74) is 5.68. The minimum Gasteiger partial charge on any atom is -0.493 e. The Morgan fingerprint density at radius 3 is 2.27 bits per heavy atom. The highest BCUT2D eigenvalue weighted by Gasteiger charge is 2.15. The third-order valence-electron chi connectivity index (χ3n) is 4.50.